The average molecular weight is 509 g/mol. The molecule has 2 atom stereocenters. The van der Waals surface area contributed by atoms with E-state index in [9.17, 15) is 22.0 Å². The van der Waals surface area contributed by atoms with Crippen LogP contribution in [0.3, 0.4) is 0 Å². The van der Waals surface area contributed by atoms with Gasteiger partial charge in [0.05, 0.1) is 18.3 Å². The fourth-order valence-electron chi connectivity index (χ4n) is 6.54. The first-order chi connectivity index (χ1) is 17.3. The van der Waals surface area contributed by atoms with Crippen LogP contribution in [0.25, 0.3) is 0 Å². The van der Waals surface area contributed by atoms with Crippen LogP contribution in [0.1, 0.15) is 81.3 Å². The molecule has 1 aliphatic heterocycles. The smallest absolute Gasteiger partial charge is 0.426 e. The van der Waals surface area contributed by atoms with Crippen molar-refractivity contribution < 1.29 is 31.4 Å². The molecule has 2 aromatic carbocycles. The average Bonchev–Trinajstić information content (AvgIpc) is 3.43. The number of halogens is 5. The lowest BCUT2D eigenvalue weighted by Crippen LogP contribution is -2.35. The second kappa shape index (κ2) is 10.7. The molecule has 3 aliphatic rings. The Morgan fingerprint density at radius 3 is 1.92 bits per heavy atom. The van der Waals surface area contributed by atoms with E-state index in [2.05, 4.69) is 4.74 Å². The van der Waals surface area contributed by atoms with Gasteiger partial charge in [0.1, 0.15) is 5.75 Å². The van der Waals surface area contributed by atoms with Gasteiger partial charge in [0.15, 0.2) is 17.5 Å². The maximum atomic E-state index is 14.6. The van der Waals surface area contributed by atoms with Crippen LogP contribution >= 0.6 is 0 Å². The lowest BCUT2D eigenvalue weighted by molar-refractivity contribution is -0.185. The summed E-state index contributed by atoms with van der Waals surface area (Å²) >= 11 is 0. The number of hydrogen-bond acceptors (Lipinski definition) is 2. The molecule has 0 spiro atoms. The molecule has 0 amide bonds. The van der Waals surface area contributed by atoms with E-state index in [1.54, 1.807) is 12.1 Å². The normalized spacial score (nSPS) is 27.8. The first kappa shape index (κ1) is 25.5. The highest BCUT2D eigenvalue weighted by molar-refractivity contribution is 5.30. The first-order valence-electron chi connectivity index (χ1n) is 13.2. The fourth-order valence-corrected chi connectivity index (χ4v) is 6.54. The quantitative estimate of drug-likeness (QED) is 0.288. The Hall–Kier alpha value is -2.15. The van der Waals surface area contributed by atoms with E-state index < -0.39 is 34.9 Å². The Morgan fingerprint density at radius 1 is 0.722 bits per heavy atom. The van der Waals surface area contributed by atoms with Crippen LogP contribution in [0, 0.1) is 35.2 Å². The van der Waals surface area contributed by atoms with Gasteiger partial charge in [0.25, 0.3) is 0 Å². The van der Waals surface area contributed by atoms with E-state index in [1.165, 1.54) is 44.2 Å². The van der Waals surface area contributed by atoms with Gasteiger partial charge in [0, 0.05) is 12.1 Å². The molecular weight excluding hydrogens is 475 g/mol. The summed E-state index contributed by atoms with van der Waals surface area (Å²) in [4.78, 5) is 0. The lowest BCUT2D eigenvalue weighted by Gasteiger charge is -2.39. The Bertz CT molecular complexity index is 995. The number of ether oxygens (including phenoxy) is 2. The summed E-state index contributed by atoms with van der Waals surface area (Å²) in [6, 6.07) is 6.73. The van der Waals surface area contributed by atoms with Crippen LogP contribution < -0.4 is 4.74 Å². The van der Waals surface area contributed by atoms with Gasteiger partial charge in [-0.2, -0.15) is 8.78 Å². The van der Waals surface area contributed by atoms with Gasteiger partial charge in [-0.05, 0) is 79.9 Å². The third-order valence-electron chi connectivity index (χ3n) is 8.63. The van der Waals surface area contributed by atoms with Crippen LogP contribution in [0.15, 0.2) is 36.4 Å². The van der Waals surface area contributed by atoms with E-state index >= 15 is 0 Å². The molecule has 0 N–H and O–H groups in total. The highest BCUT2D eigenvalue weighted by atomic mass is 19.3. The Balaban J connectivity index is 1.13. The molecule has 2 saturated carbocycles. The Kier molecular flexibility index (Phi) is 7.57. The summed E-state index contributed by atoms with van der Waals surface area (Å²) in [5.41, 5.74) is 0.565. The summed E-state index contributed by atoms with van der Waals surface area (Å²) in [6.07, 6.45) is 8.58. The Morgan fingerprint density at radius 2 is 1.33 bits per heavy atom. The molecular formula is C29H33F5O2. The predicted molar refractivity (Wildman–Crippen MR) is 126 cm³/mol. The molecule has 1 heterocycles. The molecule has 2 aliphatic carbocycles. The highest BCUT2D eigenvalue weighted by Crippen LogP contribution is 2.43. The summed E-state index contributed by atoms with van der Waals surface area (Å²) in [7, 11) is 0. The second-order valence-electron chi connectivity index (χ2n) is 10.8. The van der Waals surface area contributed by atoms with Gasteiger partial charge >= 0.3 is 6.11 Å². The predicted octanol–water partition coefficient (Wildman–Crippen LogP) is 8.49. The SMILES string of the molecule is Fc1cc(OC(F)(F)c2ccc(C3CCC(C4CCC(C5CCCC5)CO4)CC3)cc2)cc(F)c1F. The molecule has 0 aromatic heterocycles. The van der Waals surface area contributed by atoms with Crippen molar-refractivity contribution in [2.24, 2.45) is 17.8 Å². The van der Waals surface area contributed by atoms with Crippen LogP contribution in [-0.4, -0.2) is 12.7 Å². The van der Waals surface area contributed by atoms with E-state index in [-0.39, 0.29) is 0 Å². The maximum absolute atomic E-state index is 14.6. The zero-order valence-electron chi connectivity index (χ0n) is 20.3. The zero-order chi connectivity index (χ0) is 25.3. The molecule has 7 heteroatoms. The van der Waals surface area contributed by atoms with Crippen molar-refractivity contribution in [3.63, 3.8) is 0 Å². The van der Waals surface area contributed by atoms with E-state index in [4.69, 9.17) is 4.74 Å². The number of hydrogen-bond donors (Lipinski definition) is 0. The van der Waals surface area contributed by atoms with Crippen LogP contribution in [0.5, 0.6) is 5.75 Å². The van der Waals surface area contributed by atoms with Gasteiger partial charge in [-0.3, -0.25) is 0 Å². The summed E-state index contributed by atoms with van der Waals surface area (Å²) in [5.74, 6) is -3.20. The molecule has 5 rings (SSSR count). The standard InChI is InChI=1S/C29H33F5O2/c30-25-15-24(16-26(31)28(25)32)36-29(33,34)23-12-9-20(10-13-23)19-5-7-21(8-6-19)27-14-11-22(17-35-27)18-3-1-2-4-18/h9-10,12-13,15-16,18-19,21-22,27H,1-8,11,14,17H2. The van der Waals surface area contributed by atoms with Crippen molar-refractivity contribution in [1.82, 2.24) is 0 Å². The third kappa shape index (κ3) is 5.56. The van der Waals surface area contributed by atoms with Crippen molar-refractivity contribution in [2.45, 2.75) is 82.3 Å². The molecule has 2 aromatic rings. The maximum Gasteiger partial charge on any atom is 0.426 e. The molecule has 0 radical (unpaired) electrons. The van der Waals surface area contributed by atoms with Crippen LogP contribution in [0.4, 0.5) is 22.0 Å². The molecule has 1 saturated heterocycles. The zero-order valence-corrected chi connectivity index (χ0v) is 20.3. The van der Waals surface area contributed by atoms with Crippen molar-refractivity contribution in [3.8, 4) is 5.75 Å². The van der Waals surface area contributed by atoms with Gasteiger partial charge in [-0.25, -0.2) is 13.2 Å². The fraction of sp³-hybridized carbons (Fsp3) is 0.586. The molecule has 0 bridgehead atoms. The van der Waals surface area contributed by atoms with E-state index in [1.807, 2.05) is 0 Å². The minimum atomic E-state index is -3.82. The van der Waals surface area contributed by atoms with Crippen molar-refractivity contribution in [2.75, 3.05) is 6.61 Å². The molecule has 2 unspecified atom stereocenters. The molecule has 196 valence electrons. The number of benzene rings is 2. The summed E-state index contributed by atoms with van der Waals surface area (Å²) < 4.78 is 79.8. The van der Waals surface area contributed by atoms with E-state index in [0.717, 1.165) is 56.1 Å². The molecule has 3 fully saturated rings. The highest BCUT2D eigenvalue weighted by Gasteiger charge is 2.37. The van der Waals surface area contributed by atoms with Crippen molar-refractivity contribution in [3.05, 3.63) is 65.0 Å². The number of rotatable bonds is 6. The van der Waals surface area contributed by atoms with Gasteiger partial charge in [-0.1, -0.05) is 37.8 Å². The molecule has 2 nitrogen and oxygen atoms in total. The minimum Gasteiger partial charge on any atom is -0.429 e. The van der Waals surface area contributed by atoms with Crippen LogP contribution in [-0.2, 0) is 10.8 Å². The van der Waals surface area contributed by atoms with Gasteiger partial charge < -0.3 is 9.47 Å². The Labute approximate surface area is 209 Å². The van der Waals surface area contributed by atoms with Crippen LogP contribution in [0.2, 0.25) is 0 Å². The largest absolute Gasteiger partial charge is 0.429 e. The summed E-state index contributed by atoms with van der Waals surface area (Å²) in [6.45, 7) is 0.907. The van der Waals surface area contributed by atoms with E-state index in [0.29, 0.717) is 30.1 Å². The monoisotopic (exact) mass is 508 g/mol. The van der Waals surface area contributed by atoms with Crippen molar-refractivity contribution in [1.29, 1.82) is 0 Å². The first-order valence-corrected chi connectivity index (χ1v) is 13.2. The topological polar surface area (TPSA) is 18.5 Å². The third-order valence-corrected chi connectivity index (χ3v) is 8.63. The van der Waals surface area contributed by atoms with Gasteiger partial charge in [0.2, 0.25) is 0 Å². The van der Waals surface area contributed by atoms with Crippen molar-refractivity contribution >= 4 is 0 Å². The second-order valence-corrected chi connectivity index (χ2v) is 10.8. The lowest BCUT2D eigenvalue weighted by atomic mass is 9.74. The minimum absolute atomic E-state index is 0.306. The molecule has 36 heavy (non-hydrogen) atoms. The van der Waals surface area contributed by atoms with Gasteiger partial charge in [-0.15, -0.1) is 0 Å². The number of alkyl halides is 2. The summed E-state index contributed by atoms with van der Waals surface area (Å²) in [5, 5.41) is 0.